The van der Waals surface area contributed by atoms with Crippen LogP contribution < -0.4 is 0 Å². The van der Waals surface area contributed by atoms with Gasteiger partial charge in [0.05, 0.1) is 10.2 Å². The number of piperidine rings is 1. The van der Waals surface area contributed by atoms with E-state index in [2.05, 4.69) is 25.9 Å². The Hall–Kier alpha value is -0.350. The van der Waals surface area contributed by atoms with Crippen LogP contribution in [0.25, 0.3) is 0 Å². The minimum atomic E-state index is 0.988. The van der Waals surface area contributed by atoms with Crippen molar-refractivity contribution in [2.45, 2.75) is 25.8 Å². The molecule has 0 atom stereocenters. The maximum atomic E-state index is 4.43. The third kappa shape index (κ3) is 2.36. The van der Waals surface area contributed by atoms with Crippen molar-refractivity contribution in [2.75, 3.05) is 13.1 Å². The Morgan fingerprint density at radius 2 is 2.07 bits per heavy atom. The van der Waals surface area contributed by atoms with E-state index < -0.39 is 0 Å². The molecular weight excluding hydrogens is 242 g/mol. The maximum Gasteiger partial charge on any atom is 0.0906 e. The summed E-state index contributed by atoms with van der Waals surface area (Å²) in [4.78, 5) is 2.48. The SMILES string of the molecule is Cn1cc(Br)c(CN2CCCCC2)n1. The summed E-state index contributed by atoms with van der Waals surface area (Å²) in [5.41, 5.74) is 1.16. The smallest absolute Gasteiger partial charge is 0.0906 e. The third-order valence-electron chi connectivity index (χ3n) is 2.68. The molecule has 78 valence electrons. The zero-order chi connectivity index (χ0) is 9.97. The van der Waals surface area contributed by atoms with Crippen LogP contribution in [0.5, 0.6) is 0 Å². The normalized spacial score (nSPS) is 18.7. The van der Waals surface area contributed by atoms with Gasteiger partial charge in [-0.25, -0.2) is 0 Å². The van der Waals surface area contributed by atoms with Gasteiger partial charge in [0.25, 0.3) is 0 Å². The van der Waals surface area contributed by atoms with Crippen molar-refractivity contribution in [1.82, 2.24) is 14.7 Å². The van der Waals surface area contributed by atoms with Gasteiger partial charge >= 0.3 is 0 Å². The van der Waals surface area contributed by atoms with Crippen LogP contribution in [-0.4, -0.2) is 27.8 Å². The maximum absolute atomic E-state index is 4.43. The topological polar surface area (TPSA) is 21.1 Å². The Labute approximate surface area is 93.2 Å². The molecule has 0 saturated carbocycles. The third-order valence-corrected chi connectivity index (χ3v) is 3.34. The van der Waals surface area contributed by atoms with Gasteiger partial charge in [0, 0.05) is 19.8 Å². The molecular formula is C10H16BrN3. The number of halogens is 1. The van der Waals surface area contributed by atoms with Gasteiger partial charge in [-0.3, -0.25) is 9.58 Å². The molecule has 1 fully saturated rings. The van der Waals surface area contributed by atoms with Gasteiger partial charge in [0.2, 0.25) is 0 Å². The Morgan fingerprint density at radius 3 is 2.64 bits per heavy atom. The van der Waals surface area contributed by atoms with E-state index >= 15 is 0 Å². The molecule has 2 heterocycles. The molecule has 1 aromatic heterocycles. The average Bonchev–Trinajstić information content (AvgIpc) is 2.47. The van der Waals surface area contributed by atoms with E-state index in [0.29, 0.717) is 0 Å². The van der Waals surface area contributed by atoms with Crippen molar-refractivity contribution in [3.63, 3.8) is 0 Å². The van der Waals surface area contributed by atoms with Crippen molar-refractivity contribution in [3.8, 4) is 0 Å². The second-order valence-corrected chi connectivity index (χ2v) is 4.79. The second-order valence-electron chi connectivity index (χ2n) is 3.93. The molecule has 14 heavy (non-hydrogen) atoms. The molecule has 0 bridgehead atoms. The first-order chi connectivity index (χ1) is 6.75. The molecule has 1 saturated heterocycles. The first-order valence-electron chi connectivity index (χ1n) is 5.16. The Balaban J connectivity index is 1.98. The summed E-state index contributed by atoms with van der Waals surface area (Å²) in [6, 6.07) is 0. The van der Waals surface area contributed by atoms with Crippen LogP contribution in [0.4, 0.5) is 0 Å². The molecule has 0 aliphatic carbocycles. The lowest BCUT2D eigenvalue weighted by Crippen LogP contribution is -2.29. The summed E-state index contributed by atoms with van der Waals surface area (Å²) in [6.45, 7) is 3.44. The Kier molecular flexibility index (Phi) is 3.23. The molecule has 1 aromatic rings. The van der Waals surface area contributed by atoms with Crippen LogP contribution in [0, 0.1) is 0 Å². The molecule has 1 aliphatic heterocycles. The first-order valence-corrected chi connectivity index (χ1v) is 5.95. The number of hydrogen-bond donors (Lipinski definition) is 0. The predicted molar refractivity (Wildman–Crippen MR) is 60.0 cm³/mol. The Bertz CT molecular complexity index is 302. The molecule has 4 heteroatoms. The molecule has 3 nitrogen and oxygen atoms in total. The Morgan fingerprint density at radius 1 is 1.36 bits per heavy atom. The van der Waals surface area contributed by atoms with Crippen LogP contribution in [0.1, 0.15) is 25.0 Å². The number of rotatable bonds is 2. The van der Waals surface area contributed by atoms with Crippen molar-refractivity contribution in [3.05, 3.63) is 16.4 Å². The largest absolute Gasteiger partial charge is 0.297 e. The van der Waals surface area contributed by atoms with E-state index in [1.165, 1.54) is 32.4 Å². The van der Waals surface area contributed by atoms with Gasteiger partial charge in [0.15, 0.2) is 0 Å². The molecule has 0 spiro atoms. The number of nitrogens with zero attached hydrogens (tertiary/aromatic N) is 3. The molecule has 0 N–H and O–H groups in total. The van der Waals surface area contributed by atoms with Gasteiger partial charge in [-0.2, -0.15) is 5.10 Å². The van der Waals surface area contributed by atoms with E-state index in [0.717, 1.165) is 16.7 Å². The van der Waals surface area contributed by atoms with Crippen LogP contribution in [0.15, 0.2) is 10.7 Å². The lowest BCUT2D eigenvalue weighted by Gasteiger charge is -2.25. The molecule has 0 radical (unpaired) electrons. The highest BCUT2D eigenvalue weighted by Gasteiger charge is 2.13. The summed E-state index contributed by atoms with van der Waals surface area (Å²) in [6.07, 6.45) is 6.08. The van der Waals surface area contributed by atoms with E-state index in [1.807, 2.05) is 17.9 Å². The summed E-state index contributed by atoms with van der Waals surface area (Å²) in [5.74, 6) is 0. The zero-order valence-electron chi connectivity index (χ0n) is 8.54. The van der Waals surface area contributed by atoms with Crippen LogP contribution in [0.3, 0.4) is 0 Å². The second kappa shape index (κ2) is 4.45. The highest BCUT2D eigenvalue weighted by Crippen LogP contribution is 2.18. The van der Waals surface area contributed by atoms with Gasteiger partial charge in [-0.1, -0.05) is 6.42 Å². The quantitative estimate of drug-likeness (QED) is 0.810. The van der Waals surface area contributed by atoms with Gasteiger partial charge in [0.1, 0.15) is 0 Å². The van der Waals surface area contributed by atoms with Crippen molar-refractivity contribution in [1.29, 1.82) is 0 Å². The van der Waals surface area contributed by atoms with E-state index in [1.54, 1.807) is 0 Å². The molecule has 1 aliphatic rings. The van der Waals surface area contributed by atoms with E-state index in [-0.39, 0.29) is 0 Å². The highest BCUT2D eigenvalue weighted by atomic mass is 79.9. The van der Waals surface area contributed by atoms with Crippen LogP contribution in [0.2, 0.25) is 0 Å². The fourth-order valence-electron chi connectivity index (χ4n) is 1.94. The zero-order valence-corrected chi connectivity index (χ0v) is 10.1. The minimum Gasteiger partial charge on any atom is -0.297 e. The van der Waals surface area contributed by atoms with E-state index in [9.17, 15) is 0 Å². The van der Waals surface area contributed by atoms with Crippen molar-refractivity contribution >= 4 is 15.9 Å². The van der Waals surface area contributed by atoms with Gasteiger partial charge < -0.3 is 0 Å². The fourth-order valence-corrected chi connectivity index (χ4v) is 2.44. The van der Waals surface area contributed by atoms with Gasteiger partial charge in [-0.15, -0.1) is 0 Å². The summed E-state index contributed by atoms with van der Waals surface area (Å²) >= 11 is 3.53. The highest BCUT2D eigenvalue weighted by molar-refractivity contribution is 9.10. The van der Waals surface area contributed by atoms with Crippen molar-refractivity contribution < 1.29 is 0 Å². The predicted octanol–water partition coefficient (Wildman–Crippen LogP) is 2.17. The number of aromatic nitrogens is 2. The standard InChI is InChI=1S/C10H16BrN3/c1-13-7-9(11)10(12-13)8-14-5-3-2-4-6-14/h7H,2-6,8H2,1H3. The summed E-state index contributed by atoms with van der Waals surface area (Å²) in [7, 11) is 1.96. The molecule has 2 rings (SSSR count). The number of likely N-dealkylation sites (tertiary alicyclic amines) is 1. The van der Waals surface area contributed by atoms with E-state index in [4.69, 9.17) is 0 Å². The van der Waals surface area contributed by atoms with Gasteiger partial charge in [-0.05, 0) is 41.9 Å². The average molecular weight is 258 g/mol. The summed E-state index contributed by atoms with van der Waals surface area (Å²) in [5, 5.41) is 4.43. The van der Waals surface area contributed by atoms with Crippen LogP contribution >= 0.6 is 15.9 Å². The van der Waals surface area contributed by atoms with Crippen LogP contribution in [-0.2, 0) is 13.6 Å². The first kappa shape index (κ1) is 10.2. The number of hydrogen-bond acceptors (Lipinski definition) is 2. The van der Waals surface area contributed by atoms with Crippen molar-refractivity contribution in [2.24, 2.45) is 7.05 Å². The molecule has 0 aromatic carbocycles. The minimum absolute atomic E-state index is 0.988. The lowest BCUT2D eigenvalue weighted by atomic mass is 10.1. The fraction of sp³-hybridized carbons (Fsp3) is 0.700. The summed E-state index contributed by atoms with van der Waals surface area (Å²) < 4.78 is 2.99. The monoisotopic (exact) mass is 257 g/mol. The molecule has 0 unspecified atom stereocenters. The lowest BCUT2D eigenvalue weighted by molar-refractivity contribution is 0.217. The molecule has 0 amide bonds. The number of aryl methyl sites for hydroxylation is 1.